The zero-order valence-electron chi connectivity index (χ0n) is 11.2. The van der Waals surface area contributed by atoms with Gasteiger partial charge in [0.25, 0.3) is 0 Å². The number of para-hydroxylation sites is 1. The Morgan fingerprint density at radius 1 is 1.37 bits per heavy atom. The molecule has 0 aliphatic carbocycles. The van der Waals surface area contributed by atoms with Gasteiger partial charge in [0.05, 0.1) is 18.3 Å². The number of fused-ring (bicyclic) bond motifs is 1. The van der Waals surface area contributed by atoms with Crippen molar-refractivity contribution in [2.24, 2.45) is 0 Å². The summed E-state index contributed by atoms with van der Waals surface area (Å²) < 4.78 is 1.71. The first kappa shape index (κ1) is 13.3. The van der Waals surface area contributed by atoms with Gasteiger partial charge in [-0.2, -0.15) is 5.10 Å². The highest BCUT2D eigenvalue weighted by atomic mass is 16.2. The van der Waals surface area contributed by atoms with Crippen molar-refractivity contribution in [3.63, 3.8) is 0 Å². The van der Waals surface area contributed by atoms with E-state index >= 15 is 0 Å². The van der Waals surface area contributed by atoms with E-state index in [1.165, 1.54) is 6.20 Å². The SMILES string of the molecule is CCN(C)C(=O)CCn1ncc(=O)c2ccccc21. The molecule has 0 unspecified atom stereocenters. The molecular formula is C14H17N3O2. The molecule has 0 aliphatic rings. The van der Waals surface area contributed by atoms with E-state index in [1.807, 2.05) is 25.1 Å². The Labute approximate surface area is 111 Å². The van der Waals surface area contributed by atoms with Crippen LogP contribution in [0, 0.1) is 0 Å². The van der Waals surface area contributed by atoms with Crippen molar-refractivity contribution in [1.29, 1.82) is 0 Å². The lowest BCUT2D eigenvalue weighted by Gasteiger charge is -2.15. The molecule has 1 aromatic heterocycles. The Bertz CT molecular complexity index is 648. The van der Waals surface area contributed by atoms with Crippen LogP contribution < -0.4 is 5.43 Å². The van der Waals surface area contributed by atoms with Gasteiger partial charge in [0.15, 0.2) is 0 Å². The smallest absolute Gasteiger partial charge is 0.224 e. The fourth-order valence-electron chi connectivity index (χ4n) is 1.91. The van der Waals surface area contributed by atoms with E-state index in [1.54, 1.807) is 22.7 Å². The highest BCUT2D eigenvalue weighted by molar-refractivity contribution is 5.78. The fraction of sp³-hybridized carbons (Fsp3) is 0.357. The fourth-order valence-corrected chi connectivity index (χ4v) is 1.91. The van der Waals surface area contributed by atoms with Crippen LogP contribution in [-0.4, -0.2) is 34.2 Å². The number of nitrogens with zero attached hydrogens (tertiary/aromatic N) is 3. The monoisotopic (exact) mass is 259 g/mol. The van der Waals surface area contributed by atoms with Gasteiger partial charge in [-0.1, -0.05) is 12.1 Å². The van der Waals surface area contributed by atoms with E-state index < -0.39 is 0 Å². The molecule has 1 heterocycles. The minimum atomic E-state index is -0.0937. The molecule has 19 heavy (non-hydrogen) atoms. The van der Waals surface area contributed by atoms with Crippen LogP contribution in [0.15, 0.2) is 35.3 Å². The molecule has 1 aromatic carbocycles. The van der Waals surface area contributed by atoms with Crippen molar-refractivity contribution >= 4 is 16.8 Å². The predicted octanol–water partition coefficient (Wildman–Crippen LogP) is 1.26. The molecule has 0 radical (unpaired) electrons. The highest BCUT2D eigenvalue weighted by Gasteiger charge is 2.08. The molecule has 0 spiro atoms. The first-order chi connectivity index (χ1) is 9.13. The number of rotatable bonds is 4. The third-order valence-electron chi connectivity index (χ3n) is 3.20. The summed E-state index contributed by atoms with van der Waals surface area (Å²) in [5.74, 6) is 0.0760. The van der Waals surface area contributed by atoms with E-state index in [4.69, 9.17) is 0 Å². The lowest BCUT2D eigenvalue weighted by atomic mass is 10.2. The predicted molar refractivity (Wildman–Crippen MR) is 73.9 cm³/mol. The summed E-state index contributed by atoms with van der Waals surface area (Å²) in [6.45, 7) is 3.10. The maximum Gasteiger partial charge on any atom is 0.224 e. The second kappa shape index (κ2) is 5.65. The molecule has 0 aliphatic heterocycles. The molecule has 0 saturated heterocycles. The van der Waals surface area contributed by atoms with E-state index in [0.717, 1.165) is 5.52 Å². The number of benzene rings is 1. The van der Waals surface area contributed by atoms with Gasteiger partial charge >= 0.3 is 0 Å². The molecular weight excluding hydrogens is 242 g/mol. The number of aromatic nitrogens is 2. The Morgan fingerprint density at radius 2 is 2.11 bits per heavy atom. The summed E-state index contributed by atoms with van der Waals surface area (Å²) in [6, 6.07) is 7.30. The summed E-state index contributed by atoms with van der Waals surface area (Å²) >= 11 is 0. The number of hydrogen-bond acceptors (Lipinski definition) is 3. The quantitative estimate of drug-likeness (QED) is 0.830. The average Bonchev–Trinajstić information content (AvgIpc) is 2.45. The summed E-state index contributed by atoms with van der Waals surface area (Å²) in [5, 5.41) is 4.73. The molecule has 0 bridgehead atoms. The van der Waals surface area contributed by atoms with Gasteiger partial charge in [-0.3, -0.25) is 14.3 Å². The Morgan fingerprint density at radius 3 is 2.84 bits per heavy atom. The highest BCUT2D eigenvalue weighted by Crippen LogP contribution is 2.08. The molecule has 2 aromatic rings. The first-order valence-corrected chi connectivity index (χ1v) is 6.32. The third kappa shape index (κ3) is 2.81. The van der Waals surface area contributed by atoms with Gasteiger partial charge in [-0.05, 0) is 19.1 Å². The van der Waals surface area contributed by atoms with Gasteiger partial charge in [0.1, 0.15) is 0 Å². The van der Waals surface area contributed by atoms with Crippen molar-refractivity contribution in [2.75, 3.05) is 13.6 Å². The number of carbonyl (C=O) groups is 1. The van der Waals surface area contributed by atoms with Crippen LogP contribution in [-0.2, 0) is 11.3 Å². The van der Waals surface area contributed by atoms with E-state index in [0.29, 0.717) is 24.9 Å². The van der Waals surface area contributed by atoms with Gasteiger partial charge < -0.3 is 4.90 Å². The van der Waals surface area contributed by atoms with E-state index in [-0.39, 0.29) is 11.3 Å². The molecule has 100 valence electrons. The summed E-state index contributed by atoms with van der Waals surface area (Å²) in [6.07, 6.45) is 1.68. The minimum Gasteiger partial charge on any atom is -0.346 e. The summed E-state index contributed by atoms with van der Waals surface area (Å²) in [7, 11) is 1.78. The third-order valence-corrected chi connectivity index (χ3v) is 3.20. The van der Waals surface area contributed by atoms with Gasteiger partial charge in [-0.15, -0.1) is 0 Å². The van der Waals surface area contributed by atoms with Crippen LogP contribution in [0.25, 0.3) is 10.9 Å². The molecule has 0 saturated carbocycles. The van der Waals surface area contributed by atoms with Crippen LogP contribution in [0.4, 0.5) is 0 Å². The topological polar surface area (TPSA) is 55.2 Å². The molecule has 0 N–H and O–H groups in total. The normalized spacial score (nSPS) is 10.6. The minimum absolute atomic E-state index is 0.0760. The van der Waals surface area contributed by atoms with Gasteiger partial charge in [0, 0.05) is 25.4 Å². The maximum atomic E-state index is 11.8. The van der Waals surface area contributed by atoms with Crippen molar-refractivity contribution in [3.8, 4) is 0 Å². The van der Waals surface area contributed by atoms with Crippen LogP contribution >= 0.6 is 0 Å². The van der Waals surface area contributed by atoms with Crippen molar-refractivity contribution in [2.45, 2.75) is 19.9 Å². The molecule has 5 heteroatoms. The van der Waals surface area contributed by atoms with E-state index in [9.17, 15) is 9.59 Å². The van der Waals surface area contributed by atoms with Gasteiger partial charge in [0.2, 0.25) is 11.3 Å². The maximum absolute atomic E-state index is 11.8. The van der Waals surface area contributed by atoms with E-state index in [2.05, 4.69) is 5.10 Å². The second-order valence-corrected chi connectivity index (χ2v) is 4.41. The summed E-state index contributed by atoms with van der Waals surface area (Å²) in [5.41, 5.74) is 0.672. The number of hydrogen-bond donors (Lipinski definition) is 0. The lowest BCUT2D eigenvalue weighted by molar-refractivity contribution is -0.129. The molecule has 0 atom stereocenters. The molecule has 1 amide bonds. The van der Waals surface area contributed by atoms with Crippen LogP contribution in [0.2, 0.25) is 0 Å². The van der Waals surface area contributed by atoms with Crippen molar-refractivity contribution < 1.29 is 4.79 Å². The Hall–Kier alpha value is -2.17. The zero-order valence-corrected chi connectivity index (χ0v) is 11.2. The van der Waals surface area contributed by atoms with Crippen molar-refractivity contribution in [3.05, 3.63) is 40.7 Å². The second-order valence-electron chi connectivity index (χ2n) is 4.41. The molecule has 5 nitrogen and oxygen atoms in total. The molecule has 2 rings (SSSR count). The average molecular weight is 259 g/mol. The Kier molecular flexibility index (Phi) is 3.94. The standard InChI is InChI=1S/C14H17N3O2/c1-3-16(2)14(19)8-9-17-12-7-5-4-6-11(12)13(18)10-15-17/h4-7,10H,3,8-9H2,1-2H3. The Balaban J connectivity index is 2.25. The largest absolute Gasteiger partial charge is 0.346 e. The van der Waals surface area contributed by atoms with Crippen LogP contribution in [0.3, 0.4) is 0 Å². The van der Waals surface area contributed by atoms with Crippen LogP contribution in [0.1, 0.15) is 13.3 Å². The first-order valence-electron chi connectivity index (χ1n) is 6.32. The number of carbonyl (C=O) groups excluding carboxylic acids is 1. The number of amides is 1. The van der Waals surface area contributed by atoms with Crippen molar-refractivity contribution in [1.82, 2.24) is 14.7 Å². The number of aryl methyl sites for hydroxylation is 1. The zero-order chi connectivity index (χ0) is 13.8. The lowest BCUT2D eigenvalue weighted by Crippen LogP contribution is -2.27. The van der Waals surface area contributed by atoms with Crippen LogP contribution in [0.5, 0.6) is 0 Å². The molecule has 0 fully saturated rings. The summed E-state index contributed by atoms with van der Waals surface area (Å²) in [4.78, 5) is 25.1. The van der Waals surface area contributed by atoms with Gasteiger partial charge in [-0.25, -0.2) is 0 Å².